The Bertz CT molecular complexity index is 471. The van der Waals surface area contributed by atoms with Crippen LogP contribution in [-0.4, -0.2) is 29.9 Å². The van der Waals surface area contributed by atoms with Gasteiger partial charge >= 0.3 is 5.97 Å². The first kappa shape index (κ1) is 16.6. The molecule has 0 saturated carbocycles. The molecule has 0 aromatic carbocycles. The van der Waals surface area contributed by atoms with Crippen molar-refractivity contribution in [3.05, 3.63) is 10.6 Å². The molecule has 0 aliphatic rings. The molecule has 0 fully saturated rings. The molecule has 5 nitrogen and oxygen atoms in total. The summed E-state index contributed by atoms with van der Waals surface area (Å²) in [4.78, 5) is 27.7. The van der Waals surface area contributed by atoms with Gasteiger partial charge in [-0.25, -0.2) is 9.78 Å². The number of unbranched alkanes of at least 4 members (excludes halogenated alkanes) is 2. The van der Waals surface area contributed by atoms with Gasteiger partial charge in [0.15, 0.2) is 16.6 Å². The second-order valence-corrected chi connectivity index (χ2v) is 5.78. The van der Waals surface area contributed by atoms with Crippen LogP contribution in [0.1, 0.15) is 66.6 Å². The van der Waals surface area contributed by atoms with Gasteiger partial charge in [0.25, 0.3) is 0 Å². The zero-order valence-electron chi connectivity index (χ0n) is 12.5. The molecule has 1 atom stereocenters. The third-order valence-electron chi connectivity index (χ3n) is 2.94. The van der Waals surface area contributed by atoms with Gasteiger partial charge < -0.3 is 10.1 Å². The van der Waals surface area contributed by atoms with Gasteiger partial charge in [-0.05, 0) is 13.3 Å². The average molecular weight is 298 g/mol. The van der Waals surface area contributed by atoms with E-state index in [9.17, 15) is 9.59 Å². The highest BCUT2D eigenvalue weighted by Gasteiger charge is 2.22. The predicted molar refractivity (Wildman–Crippen MR) is 80.7 cm³/mol. The molecule has 0 bridgehead atoms. The summed E-state index contributed by atoms with van der Waals surface area (Å²) in [6.07, 6.45) is 4.58. The summed E-state index contributed by atoms with van der Waals surface area (Å²) in [7, 11) is 1.28. The quantitative estimate of drug-likeness (QED) is 0.452. The van der Waals surface area contributed by atoms with Gasteiger partial charge in [-0.3, -0.25) is 4.79 Å². The summed E-state index contributed by atoms with van der Waals surface area (Å²) < 4.78 is 4.65. The Balaban J connectivity index is 2.76. The van der Waals surface area contributed by atoms with Crippen LogP contribution < -0.4 is 5.32 Å². The number of rotatable bonds is 8. The topological polar surface area (TPSA) is 68.3 Å². The van der Waals surface area contributed by atoms with E-state index in [0.29, 0.717) is 10.0 Å². The fourth-order valence-corrected chi connectivity index (χ4v) is 2.80. The molecule has 112 valence electrons. The van der Waals surface area contributed by atoms with E-state index in [1.54, 1.807) is 0 Å². The number of esters is 1. The molecule has 1 aromatic heterocycles. The molecule has 20 heavy (non-hydrogen) atoms. The number of carbonyl (C=O) groups is 2. The Labute approximate surface area is 123 Å². The molecular weight excluding hydrogens is 276 g/mol. The Kier molecular flexibility index (Phi) is 6.64. The lowest BCUT2D eigenvalue weighted by Gasteiger charge is -2.11. The van der Waals surface area contributed by atoms with Gasteiger partial charge in [0, 0.05) is 13.0 Å². The van der Waals surface area contributed by atoms with Crippen LogP contribution in [0.2, 0.25) is 0 Å². The molecule has 0 saturated heterocycles. The van der Waals surface area contributed by atoms with Crippen LogP contribution in [0.3, 0.4) is 0 Å². The van der Waals surface area contributed by atoms with Crippen molar-refractivity contribution >= 4 is 28.2 Å². The normalized spacial score (nSPS) is 12.0. The van der Waals surface area contributed by atoms with E-state index in [0.717, 1.165) is 12.8 Å². The summed E-state index contributed by atoms with van der Waals surface area (Å²) in [5.41, 5.74) is 0.105. The number of thiazole rings is 1. The van der Waals surface area contributed by atoms with Crippen LogP contribution in [0.4, 0.5) is 5.13 Å². The monoisotopic (exact) mass is 298 g/mol. The van der Waals surface area contributed by atoms with Crippen LogP contribution >= 0.6 is 11.3 Å². The van der Waals surface area contributed by atoms with Crippen molar-refractivity contribution in [2.24, 2.45) is 0 Å². The number of aromatic nitrogens is 1. The lowest BCUT2D eigenvalue weighted by Crippen LogP contribution is -2.15. The zero-order valence-corrected chi connectivity index (χ0v) is 13.3. The molecule has 0 amide bonds. The Morgan fingerprint density at radius 1 is 1.40 bits per heavy atom. The molecule has 6 heteroatoms. The van der Waals surface area contributed by atoms with Crippen LogP contribution in [0.25, 0.3) is 0 Å². The maximum absolute atomic E-state index is 11.6. The SMILES string of the molecule is CCCCCC(C)Nc1nc(C(=O)OC)c(C(C)=O)s1. The van der Waals surface area contributed by atoms with Gasteiger partial charge in [-0.2, -0.15) is 0 Å². The van der Waals surface area contributed by atoms with Gasteiger partial charge in [0.05, 0.1) is 7.11 Å². The molecule has 1 unspecified atom stereocenters. The lowest BCUT2D eigenvalue weighted by molar-refractivity contribution is 0.0591. The smallest absolute Gasteiger partial charge is 0.358 e. The van der Waals surface area contributed by atoms with E-state index in [1.165, 1.54) is 38.2 Å². The van der Waals surface area contributed by atoms with E-state index in [4.69, 9.17) is 0 Å². The fraction of sp³-hybridized carbons (Fsp3) is 0.643. The highest BCUT2D eigenvalue weighted by atomic mass is 32.1. The van der Waals surface area contributed by atoms with E-state index >= 15 is 0 Å². The van der Waals surface area contributed by atoms with E-state index in [2.05, 4.69) is 28.9 Å². The minimum atomic E-state index is -0.571. The number of hydrogen-bond donors (Lipinski definition) is 1. The molecule has 0 spiro atoms. The molecular formula is C14H22N2O3S. The van der Waals surface area contributed by atoms with Crippen molar-refractivity contribution in [3.8, 4) is 0 Å². The molecule has 0 aliphatic heterocycles. The number of anilines is 1. The zero-order chi connectivity index (χ0) is 15.1. The average Bonchev–Trinajstić information content (AvgIpc) is 2.82. The number of nitrogens with zero attached hydrogens (tertiary/aromatic N) is 1. The molecule has 1 N–H and O–H groups in total. The fourth-order valence-electron chi connectivity index (χ4n) is 1.84. The standard InChI is InChI=1S/C14H22N2O3S/c1-5-6-7-8-9(2)15-14-16-11(13(18)19-4)12(20-14)10(3)17/h9H,5-8H2,1-4H3,(H,15,16). The molecule has 1 aromatic rings. The summed E-state index contributed by atoms with van der Waals surface area (Å²) in [6.45, 7) is 5.66. The van der Waals surface area contributed by atoms with E-state index in [-0.39, 0.29) is 17.5 Å². The third-order valence-corrected chi connectivity index (χ3v) is 4.02. The van der Waals surface area contributed by atoms with Gasteiger partial charge in [0.2, 0.25) is 0 Å². The Morgan fingerprint density at radius 3 is 2.65 bits per heavy atom. The second-order valence-electron chi connectivity index (χ2n) is 4.79. The van der Waals surface area contributed by atoms with Gasteiger partial charge in [-0.15, -0.1) is 0 Å². The van der Waals surface area contributed by atoms with E-state index < -0.39 is 5.97 Å². The molecule has 1 rings (SSSR count). The first-order valence-corrected chi connectivity index (χ1v) is 7.67. The molecule has 0 radical (unpaired) electrons. The first-order valence-electron chi connectivity index (χ1n) is 6.86. The molecule has 1 heterocycles. The van der Waals surface area contributed by atoms with E-state index in [1.807, 2.05) is 0 Å². The Morgan fingerprint density at radius 2 is 2.10 bits per heavy atom. The summed E-state index contributed by atoms with van der Waals surface area (Å²) in [5.74, 6) is -0.743. The lowest BCUT2D eigenvalue weighted by atomic mass is 10.1. The number of ketones is 1. The van der Waals surface area contributed by atoms with Crippen molar-refractivity contribution in [2.75, 3.05) is 12.4 Å². The maximum atomic E-state index is 11.6. The number of hydrogen-bond acceptors (Lipinski definition) is 6. The highest BCUT2D eigenvalue weighted by Crippen LogP contribution is 2.25. The van der Waals surface area contributed by atoms with Gasteiger partial charge in [-0.1, -0.05) is 37.5 Å². The van der Waals surface area contributed by atoms with Crippen LogP contribution in [0, 0.1) is 0 Å². The minimum Gasteiger partial charge on any atom is -0.464 e. The van der Waals surface area contributed by atoms with Gasteiger partial charge in [0.1, 0.15) is 4.88 Å². The maximum Gasteiger partial charge on any atom is 0.358 e. The van der Waals surface area contributed by atoms with Crippen LogP contribution in [0.15, 0.2) is 0 Å². The highest BCUT2D eigenvalue weighted by molar-refractivity contribution is 7.17. The summed E-state index contributed by atoms with van der Waals surface area (Å²) in [5, 5.41) is 3.84. The predicted octanol–water partition coefficient (Wildman–Crippen LogP) is 3.51. The van der Waals surface area contributed by atoms with Crippen molar-refractivity contribution in [2.45, 2.75) is 52.5 Å². The number of carbonyl (C=O) groups excluding carboxylic acids is 2. The Hall–Kier alpha value is -1.43. The third kappa shape index (κ3) is 4.59. The largest absolute Gasteiger partial charge is 0.464 e. The van der Waals surface area contributed by atoms with Crippen molar-refractivity contribution < 1.29 is 14.3 Å². The minimum absolute atomic E-state index is 0.105. The number of Topliss-reactive ketones (excluding diaryl/α,β-unsaturated/α-hetero) is 1. The number of ether oxygens (including phenoxy) is 1. The van der Waals surface area contributed by atoms with Crippen LogP contribution in [0.5, 0.6) is 0 Å². The second kappa shape index (κ2) is 7.99. The molecule has 0 aliphatic carbocycles. The van der Waals surface area contributed by atoms with Crippen molar-refractivity contribution in [1.29, 1.82) is 0 Å². The summed E-state index contributed by atoms with van der Waals surface area (Å²) >= 11 is 1.21. The first-order chi connectivity index (χ1) is 9.49. The summed E-state index contributed by atoms with van der Waals surface area (Å²) in [6, 6.07) is 0.262. The van der Waals surface area contributed by atoms with Crippen molar-refractivity contribution in [3.63, 3.8) is 0 Å². The van der Waals surface area contributed by atoms with Crippen molar-refractivity contribution in [1.82, 2.24) is 4.98 Å². The number of nitrogens with one attached hydrogen (secondary N) is 1. The van der Waals surface area contributed by atoms with Crippen LogP contribution in [-0.2, 0) is 4.74 Å². The number of methoxy groups -OCH3 is 1.